The topological polar surface area (TPSA) is 98.2 Å². The fourth-order valence-electron chi connectivity index (χ4n) is 3.81. The van der Waals surface area contributed by atoms with Crippen molar-refractivity contribution >= 4 is 40.4 Å². The first-order valence-corrected chi connectivity index (χ1v) is 12.5. The molecule has 0 saturated carbocycles. The van der Waals surface area contributed by atoms with Gasteiger partial charge in [0.05, 0.1) is 5.56 Å². The SMILES string of the molecule is CC(C)c1cccc(C(C)C)c1NC(=O)CCCCCSc1nc2cccc(C(N)=O)c2o1. The number of rotatable bonds is 11. The summed E-state index contributed by atoms with van der Waals surface area (Å²) in [6.45, 7) is 8.60. The lowest BCUT2D eigenvalue weighted by atomic mass is 9.92. The van der Waals surface area contributed by atoms with Crippen LogP contribution in [0.1, 0.15) is 86.7 Å². The minimum Gasteiger partial charge on any atom is -0.430 e. The van der Waals surface area contributed by atoms with E-state index < -0.39 is 5.91 Å². The van der Waals surface area contributed by atoms with Crippen molar-refractivity contribution in [2.45, 2.75) is 70.4 Å². The Bertz CT molecular complexity index is 1090. The van der Waals surface area contributed by atoms with Crippen LogP contribution in [0, 0.1) is 0 Å². The van der Waals surface area contributed by atoms with Crippen molar-refractivity contribution in [2.75, 3.05) is 11.1 Å². The number of thioether (sulfide) groups is 1. The number of nitrogens with zero attached hydrogens (tertiary/aromatic N) is 1. The zero-order valence-corrected chi connectivity index (χ0v) is 20.6. The Labute approximate surface area is 199 Å². The molecule has 0 aliphatic rings. The van der Waals surface area contributed by atoms with Crippen LogP contribution in [0.25, 0.3) is 11.1 Å². The minimum absolute atomic E-state index is 0.0654. The highest BCUT2D eigenvalue weighted by Gasteiger charge is 2.16. The molecule has 2 amide bonds. The molecule has 1 heterocycles. The second-order valence-electron chi connectivity index (χ2n) is 8.83. The van der Waals surface area contributed by atoms with Crippen LogP contribution >= 0.6 is 11.8 Å². The molecule has 0 saturated heterocycles. The van der Waals surface area contributed by atoms with E-state index in [1.165, 1.54) is 22.9 Å². The summed E-state index contributed by atoms with van der Waals surface area (Å²) >= 11 is 1.51. The molecule has 0 aliphatic carbocycles. The van der Waals surface area contributed by atoms with Gasteiger partial charge in [-0.1, -0.05) is 70.1 Å². The average Bonchev–Trinajstić information content (AvgIpc) is 3.18. The Morgan fingerprint density at radius 3 is 2.30 bits per heavy atom. The first kappa shape index (κ1) is 24.8. The van der Waals surface area contributed by atoms with E-state index in [2.05, 4.69) is 56.2 Å². The Morgan fingerprint density at radius 2 is 1.67 bits per heavy atom. The van der Waals surface area contributed by atoms with E-state index in [-0.39, 0.29) is 5.91 Å². The molecular formula is C26H33N3O3S. The van der Waals surface area contributed by atoms with Gasteiger partial charge in [0.1, 0.15) is 5.52 Å². The van der Waals surface area contributed by atoms with Gasteiger partial charge in [0, 0.05) is 17.9 Å². The monoisotopic (exact) mass is 467 g/mol. The third-order valence-electron chi connectivity index (χ3n) is 5.57. The Morgan fingerprint density at radius 1 is 1.00 bits per heavy atom. The highest BCUT2D eigenvalue weighted by Crippen LogP contribution is 2.32. The number of amides is 2. The van der Waals surface area contributed by atoms with Crippen LogP contribution in [-0.2, 0) is 4.79 Å². The van der Waals surface area contributed by atoms with E-state index in [1.807, 2.05) is 0 Å². The fraction of sp³-hybridized carbons (Fsp3) is 0.423. The molecule has 0 radical (unpaired) electrons. The average molecular weight is 468 g/mol. The predicted octanol–water partition coefficient (Wildman–Crippen LogP) is 6.46. The summed E-state index contributed by atoms with van der Waals surface area (Å²) in [6, 6.07) is 11.5. The van der Waals surface area contributed by atoms with Crippen molar-refractivity contribution in [2.24, 2.45) is 5.73 Å². The number of unbranched alkanes of at least 4 members (excludes halogenated alkanes) is 2. The summed E-state index contributed by atoms with van der Waals surface area (Å²) in [6.07, 6.45) is 3.21. The third-order valence-corrected chi connectivity index (χ3v) is 6.49. The van der Waals surface area contributed by atoms with E-state index in [9.17, 15) is 9.59 Å². The van der Waals surface area contributed by atoms with E-state index in [4.69, 9.17) is 10.2 Å². The van der Waals surface area contributed by atoms with E-state index in [0.29, 0.717) is 40.1 Å². The molecule has 3 rings (SSSR count). The Kier molecular flexibility index (Phi) is 8.55. The van der Waals surface area contributed by atoms with Gasteiger partial charge in [-0.15, -0.1) is 0 Å². The molecule has 0 spiro atoms. The number of hydrogen-bond acceptors (Lipinski definition) is 5. The van der Waals surface area contributed by atoms with Crippen molar-refractivity contribution in [3.05, 3.63) is 53.1 Å². The summed E-state index contributed by atoms with van der Waals surface area (Å²) in [7, 11) is 0. The van der Waals surface area contributed by atoms with E-state index >= 15 is 0 Å². The van der Waals surface area contributed by atoms with Crippen LogP contribution in [0.4, 0.5) is 5.69 Å². The zero-order chi connectivity index (χ0) is 24.0. The van der Waals surface area contributed by atoms with Crippen LogP contribution in [0.2, 0.25) is 0 Å². The van der Waals surface area contributed by atoms with Gasteiger partial charge in [0.15, 0.2) is 5.58 Å². The standard InChI is InChI=1S/C26H33N3O3S/c1-16(2)18-10-8-11-19(17(3)4)23(18)29-22(30)14-6-5-7-15-33-26-28-21-13-9-12-20(25(27)31)24(21)32-26/h8-13,16-17H,5-7,14-15H2,1-4H3,(H2,27,31)(H,29,30). The van der Waals surface area contributed by atoms with Crippen molar-refractivity contribution < 1.29 is 14.0 Å². The second-order valence-corrected chi connectivity index (χ2v) is 9.87. The molecule has 7 heteroatoms. The maximum absolute atomic E-state index is 12.6. The molecule has 176 valence electrons. The molecule has 3 aromatic rings. The van der Waals surface area contributed by atoms with Gasteiger partial charge in [-0.3, -0.25) is 9.59 Å². The summed E-state index contributed by atoms with van der Waals surface area (Å²) < 4.78 is 5.72. The van der Waals surface area contributed by atoms with Gasteiger partial charge in [0.2, 0.25) is 5.91 Å². The molecule has 0 unspecified atom stereocenters. The normalized spacial score (nSPS) is 11.5. The van der Waals surface area contributed by atoms with Crippen LogP contribution in [-0.4, -0.2) is 22.6 Å². The zero-order valence-electron chi connectivity index (χ0n) is 19.8. The summed E-state index contributed by atoms with van der Waals surface area (Å²) in [5.74, 6) is 1.07. The molecule has 0 fully saturated rings. The Hall–Kier alpha value is -2.80. The number of oxazole rings is 1. The first-order valence-electron chi connectivity index (χ1n) is 11.5. The van der Waals surface area contributed by atoms with Crippen LogP contribution in [0.15, 0.2) is 46.0 Å². The number of primary amides is 1. The number of nitrogens with two attached hydrogens (primary N) is 1. The van der Waals surface area contributed by atoms with Gasteiger partial charge in [-0.05, 0) is 47.9 Å². The number of carbonyl (C=O) groups is 2. The third kappa shape index (κ3) is 6.38. The van der Waals surface area contributed by atoms with Gasteiger partial charge in [-0.2, -0.15) is 0 Å². The quantitative estimate of drug-likeness (QED) is 0.249. The molecule has 2 aromatic carbocycles. The lowest BCUT2D eigenvalue weighted by Gasteiger charge is -2.20. The molecule has 3 N–H and O–H groups in total. The number of anilines is 1. The maximum atomic E-state index is 12.6. The summed E-state index contributed by atoms with van der Waals surface area (Å²) in [5.41, 5.74) is 10.2. The number of hydrogen-bond donors (Lipinski definition) is 2. The summed E-state index contributed by atoms with van der Waals surface area (Å²) in [4.78, 5) is 28.6. The number of aromatic nitrogens is 1. The number of carbonyl (C=O) groups excluding carboxylic acids is 2. The predicted molar refractivity (Wildman–Crippen MR) is 135 cm³/mol. The van der Waals surface area contributed by atoms with Crippen LogP contribution < -0.4 is 11.1 Å². The maximum Gasteiger partial charge on any atom is 0.256 e. The highest BCUT2D eigenvalue weighted by atomic mass is 32.2. The van der Waals surface area contributed by atoms with Crippen LogP contribution in [0.5, 0.6) is 0 Å². The van der Waals surface area contributed by atoms with Crippen molar-refractivity contribution in [1.82, 2.24) is 4.98 Å². The molecule has 0 bridgehead atoms. The lowest BCUT2D eigenvalue weighted by molar-refractivity contribution is -0.116. The molecule has 0 atom stereocenters. The van der Waals surface area contributed by atoms with E-state index in [0.717, 1.165) is 30.7 Å². The lowest BCUT2D eigenvalue weighted by Crippen LogP contribution is -2.15. The highest BCUT2D eigenvalue weighted by molar-refractivity contribution is 7.99. The Balaban J connectivity index is 1.46. The molecule has 6 nitrogen and oxygen atoms in total. The van der Waals surface area contributed by atoms with Gasteiger partial charge >= 0.3 is 0 Å². The van der Waals surface area contributed by atoms with Crippen molar-refractivity contribution in [3.8, 4) is 0 Å². The van der Waals surface area contributed by atoms with Crippen LogP contribution in [0.3, 0.4) is 0 Å². The van der Waals surface area contributed by atoms with Crippen molar-refractivity contribution in [1.29, 1.82) is 0 Å². The minimum atomic E-state index is -0.525. The molecule has 0 aliphatic heterocycles. The molecule has 33 heavy (non-hydrogen) atoms. The smallest absolute Gasteiger partial charge is 0.256 e. The number of fused-ring (bicyclic) bond motifs is 1. The fourth-order valence-corrected chi connectivity index (χ4v) is 4.63. The largest absolute Gasteiger partial charge is 0.430 e. The van der Waals surface area contributed by atoms with Crippen molar-refractivity contribution in [3.63, 3.8) is 0 Å². The van der Waals surface area contributed by atoms with Gasteiger partial charge in [0.25, 0.3) is 11.1 Å². The first-order chi connectivity index (χ1) is 15.8. The van der Waals surface area contributed by atoms with Gasteiger partial charge in [-0.25, -0.2) is 4.98 Å². The second kappa shape index (κ2) is 11.4. The molecular weight excluding hydrogens is 434 g/mol. The summed E-state index contributed by atoms with van der Waals surface area (Å²) in [5, 5.41) is 3.71. The number of benzene rings is 2. The number of para-hydroxylation sites is 2. The molecule has 1 aromatic heterocycles. The number of nitrogens with one attached hydrogen (secondary N) is 1. The van der Waals surface area contributed by atoms with Gasteiger partial charge < -0.3 is 15.5 Å². The van der Waals surface area contributed by atoms with E-state index in [1.54, 1.807) is 18.2 Å².